The van der Waals surface area contributed by atoms with Crippen LogP contribution in [0.2, 0.25) is 0 Å². The largest absolute Gasteiger partial charge is 0.390 e. The molecule has 0 radical (unpaired) electrons. The third kappa shape index (κ3) is 3.48. The maximum absolute atomic E-state index is 12.6. The summed E-state index contributed by atoms with van der Waals surface area (Å²) in [6.07, 6.45) is 5.59. The Kier molecular flexibility index (Phi) is 4.60. The molecule has 20 heavy (non-hydrogen) atoms. The maximum Gasteiger partial charge on any atom is 0.256 e. The molecule has 0 bridgehead atoms. The molecular weight excluding hydrogens is 254 g/mol. The van der Waals surface area contributed by atoms with Gasteiger partial charge in [-0.05, 0) is 32.3 Å². The first-order valence-corrected chi connectivity index (χ1v) is 7.23. The van der Waals surface area contributed by atoms with Gasteiger partial charge in [-0.1, -0.05) is 6.92 Å². The van der Waals surface area contributed by atoms with E-state index in [1.807, 2.05) is 11.8 Å². The van der Waals surface area contributed by atoms with Crippen molar-refractivity contribution in [3.8, 4) is 0 Å². The number of carbonyl (C=O) groups is 1. The van der Waals surface area contributed by atoms with Crippen LogP contribution in [0.4, 0.5) is 5.69 Å². The second-order valence-electron chi connectivity index (χ2n) is 5.64. The van der Waals surface area contributed by atoms with Crippen molar-refractivity contribution in [2.45, 2.75) is 38.7 Å². The average molecular weight is 277 g/mol. The molecule has 0 aliphatic carbocycles. The summed E-state index contributed by atoms with van der Waals surface area (Å²) in [5.41, 5.74) is 0.810. The summed E-state index contributed by atoms with van der Waals surface area (Å²) in [4.78, 5) is 18.5. The first-order chi connectivity index (χ1) is 9.53. The number of pyridine rings is 1. The quantitative estimate of drug-likeness (QED) is 0.882. The fraction of sp³-hybridized carbons (Fsp3) is 0.600. The van der Waals surface area contributed by atoms with Crippen LogP contribution in [0.15, 0.2) is 18.5 Å². The molecule has 0 aromatic carbocycles. The minimum Gasteiger partial charge on any atom is -0.390 e. The Labute approximate surface area is 120 Å². The van der Waals surface area contributed by atoms with E-state index < -0.39 is 5.60 Å². The number of carbonyl (C=O) groups excluding carboxylic acids is 1. The standard InChI is InChI=1S/C15H23N3O2/c1-3-7-17-13-11-16-8-4-12(13)14(19)18-9-5-15(2,20)6-10-18/h4,8,11,17,20H,3,5-7,9-10H2,1-2H3. The number of aliphatic hydroxyl groups is 1. The van der Waals surface area contributed by atoms with Crippen molar-refractivity contribution in [3.63, 3.8) is 0 Å². The normalized spacial score (nSPS) is 17.9. The lowest BCUT2D eigenvalue weighted by Crippen LogP contribution is -2.45. The Morgan fingerprint density at radius 2 is 2.20 bits per heavy atom. The zero-order valence-corrected chi connectivity index (χ0v) is 12.2. The van der Waals surface area contributed by atoms with E-state index in [4.69, 9.17) is 0 Å². The molecule has 5 nitrogen and oxygen atoms in total. The van der Waals surface area contributed by atoms with Crippen molar-refractivity contribution in [3.05, 3.63) is 24.0 Å². The molecule has 1 saturated heterocycles. The van der Waals surface area contributed by atoms with Gasteiger partial charge in [0.2, 0.25) is 0 Å². The summed E-state index contributed by atoms with van der Waals surface area (Å²) in [7, 11) is 0. The number of anilines is 1. The maximum atomic E-state index is 12.6. The van der Waals surface area contributed by atoms with Crippen molar-refractivity contribution in [1.82, 2.24) is 9.88 Å². The van der Waals surface area contributed by atoms with E-state index in [9.17, 15) is 9.90 Å². The van der Waals surface area contributed by atoms with Crippen LogP contribution in [0, 0.1) is 0 Å². The van der Waals surface area contributed by atoms with Crippen LogP contribution < -0.4 is 5.32 Å². The number of hydrogen-bond donors (Lipinski definition) is 2. The molecule has 1 aromatic rings. The number of piperidine rings is 1. The zero-order valence-electron chi connectivity index (χ0n) is 12.2. The van der Waals surface area contributed by atoms with Crippen LogP contribution >= 0.6 is 0 Å². The number of aromatic nitrogens is 1. The van der Waals surface area contributed by atoms with Crippen molar-refractivity contribution in [2.24, 2.45) is 0 Å². The van der Waals surface area contributed by atoms with Crippen molar-refractivity contribution < 1.29 is 9.90 Å². The highest BCUT2D eigenvalue weighted by Crippen LogP contribution is 2.24. The Balaban J connectivity index is 2.09. The van der Waals surface area contributed by atoms with E-state index in [1.165, 1.54) is 0 Å². The van der Waals surface area contributed by atoms with Crippen LogP contribution in [0.5, 0.6) is 0 Å². The first-order valence-electron chi connectivity index (χ1n) is 7.23. The molecule has 1 aliphatic rings. The van der Waals surface area contributed by atoms with Crippen molar-refractivity contribution in [2.75, 3.05) is 25.0 Å². The molecule has 2 rings (SSSR count). The highest BCUT2D eigenvalue weighted by molar-refractivity contribution is 5.99. The summed E-state index contributed by atoms with van der Waals surface area (Å²) in [6, 6.07) is 1.76. The number of nitrogens with one attached hydrogen (secondary N) is 1. The highest BCUT2D eigenvalue weighted by Gasteiger charge is 2.30. The molecule has 0 unspecified atom stereocenters. The average Bonchev–Trinajstić information content (AvgIpc) is 2.45. The number of rotatable bonds is 4. The van der Waals surface area contributed by atoms with Crippen LogP contribution in [-0.2, 0) is 0 Å². The molecule has 1 amide bonds. The lowest BCUT2D eigenvalue weighted by Gasteiger charge is -2.36. The van der Waals surface area contributed by atoms with Gasteiger partial charge in [0.05, 0.1) is 23.0 Å². The molecule has 5 heteroatoms. The number of amides is 1. The molecular formula is C15H23N3O2. The van der Waals surface area contributed by atoms with Gasteiger partial charge in [0, 0.05) is 25.8 Å². The van der Waals surface area contributed by atoms with Crippen LogP contribution in [0.3, 0.4) is 0 Å². The minimum absolute atomic E-state index is 0.0153. The van der Waals surface area contributed by atoms with Gasteiger partial charge in [0.25, 0.3) is 5.91 Å². The monoisotopic (exact) mass is 277 g/mol. The second kappa shape index (κ2) is 6.22. The third-order valence-corrected chi connectivity index (χ3v) is 3.74. The summed E-state index contributed by atoms with van der Waals surface area (Å²) in [5.74, 6) is 0.0153. The fourth-order valence-electron chi connectivity index (χ4n) is 2.34. The molecule has 1 aliphatic heterocycles. The Bertz CT molecular complexity index is 464. The summed E-state index contributed by atoms with van der Waals surface area (Å²) >= 11 is 0. The van der Waals surface area contributed by atoms with Crippen LogP contribution in [0.25, 0.3) is 0 Å². The smallest absolute Gasteiger partial charge is 0.256 e. The number of likely N-dealkylation sites (tertiary alicyclic amines) is 1. The van der Waals surface area contributed by atoms with Crippen molar-refractivity contribution >= 4 is 11.6 Å². The van der Waals surface area contributed by atoms with Gasteiger partial charge in [-0.3, -0.25) is 9.78 Å². The Morgan fingerprint density at radius 3 is 2.85 bits per heavy atom. The first kappa shape index (κ1) is 14.8. The summed E-state index contributed by atoms with van der Waals surface area (Å²) in [6.45, 7) is 5.93. The summed E-state index contributed by atoms with van der Waals surface area (Å²) in [5, 5.41) is 13.2. The molecule has 2 N–H and O–H groups in total. The lowest BCUT2D eigenvalue weighted by atomic mass is 9.93. The van der Waals surface area contributed by atoms with E-state index in [2.05, 4.69) is 17.2 Å². The van der Waals surface area contributed by atoms with Gasteiger partial charge in [0.15, 0.2) is 0 Å². The van der Waals surface area contributed by atoms with Gasteiger partial charge in [-0.25, -0.2) is 0 Å². The van der Waals surface area contributed by atoms with E-state index in [-0.39, 0.29) is 5.91 Å². The molecule has 0 spiro atoms. The summed E-state index contributed by atoms with van der Waals surface area (Å²) < 4.78 is 0. The molecule has 0 atom stereocenters. The van der Waals surface area contributed by atoms with Crippen molar-refractivity contribution in [1.29, 1.82) is 0 Å². The molecule has 1 aromatic heterocycles. The van der Waals surface area contributed by atoms with Gasteiger partial charge in [-0.2, -0.15) is 0 Å². The Hall–Kier alpha value is -1.62. The van der Waals surface area contributed by atoms with Gasteiger partial charge < -0.3 is 15.3 Å². The second-order valence-corrected chi connectivity index (χ2v) is 5.64. The molecule has 2 heterocycles. The predicted molar refractivity (Wildman–Crippen MR) is 78.8 cm³/mol. The fourth-order valence-corrected chi connectivity index (χ4v) is 2.34. The minimum atomic E-state index is -0.641. The zero-order chi connectivity index (χ0) is 14.6. The lowest BCUT2D eigenvalue weighted by molar-refractivity contribution is -0.00199. The highest BCUT2D eigenvalue weighted by atomic mass is 16.3. The predicted octanol–water partition coefficient (Wildman–Crippen LogP) is 1.89. The van der Waals surface area contributed by atoms with E-state index in [0.29, 0.717) is 31.5 Å². The van der Waals surface area contributed by atoms with Gasteiger partial charge in [-0.15, -0.1) is 0 Å². The van der Waals surface area contributed by atoms with Crippen LogP contribution in [-0.4, -0.2) is 46.1 Å². The van der Waals surface area contributed by atoms with Crippen LogP contribution in [0.1, 0.15) is 43.5 Å². The Morgan fingerprint density at radius 1 is 1.50 bits per heavy atom. The SMILES string of the molecule is CCCNc1cnccc1C(=O)N1CCC(C)(O)CC1. The molecule has 110 valence electrons. The van der Waals surface area contributed by atoms with E-state index >= 15 is 0 Å². The third-order valence-electron chi connectivity index (χ3n) is 3.74. The van der Waals surface area contributed by atoms with E-state index in [0.717, 1.165) is 18.7 Å². The molecule has 1 fully saturated rings. The molecule has 0 saturated carbocycles. The van der Waals surface area contributed by atoms with E-state index in [1.54, 1.807) is 18.5 Å². The number of nitrogens with zero attached hydrogens (tertiary/aromatic N) is 2. The topological polar surface area (TPSA) is 65.5 Å². The van der Waals surface area contributed by atoms with Gasteiger partial charge in [0.1, 0.15) is 0 Å². The number of hydrogen-bond acceptors (Lipinski definition) is 4. The van der Waals surface area contributed by atoms with Gasteiger partial charge >= 0.3 is 0 Å².